The summed E-state index contributed by atoms with van der Waals surface area (Å²) in [5.74, 6) is 0. The fourth-order valence-electron chi connectivity index (χ4n) is 1.26. The molecule has 1 heterocycles. The number of hydrogen-bond donors (Lipinski definition) is 0. The number of nitrogens with zero attached hydrogens (tertiary/aromatic N) is 1. The molecule has 0 amide bonds. The lowest BCUT2D eigenvalue weighted by molar-refractivity contribution is -0.111. The van der Waals surface area contributed by atoms with Gasteiger partial charge in [0.25, 0.3) is 0 Å². The maximum absolute atomic E-state index is 10.7. The number of carbonyl (C=O) groups excluding carboxylic acids is 2. The summed E-state index contributed by atoms with van der Waals surface area (Å²) in [5.41, 5.74) is 0.936. The van der Waals surface area contributed by atoms with Crippen molar-refractivity contribution in [1.29, 1.82) is 0 Å². The van der Waals surface area contributed by atoms with E-state index in [4.69, 9.17) is 0 Å². The Labute approximate surface area is 101 Å². The molecule has 1 atom stereocenters. The van der Waals surface area contributed by atoms with Crippen molar-refractivity contribution in [3.63, 3.8) is 0 Å². The molecule has 0 saturated heterocycles. The van der Waals surface area contributed by atoms with Crippen LogP contribution in [0.15, 0.2) is 28.6 Å². The highest BCUT2D eigenvalue weighted by atomic mass is 32.2. The summed E-state index contributed by atoms with van der Waals surface area (Å²) in [6, 6.07) is 7.81. The average Bonchev–Trinajstić information content (AvgIpc) is 2.70. The topological polar surface area (TPSA) is 47.0 Å². The highest BCUT2D eigenvalue weighted by molar-refractivity contribution is 8.02. The Morgan fingerprint density at radius 3 is 2.88 bits per heavy atom. The van der Waals surface area contributed by atoms with Gasteiger partial charge in [-0.15, -0.1) is 11.3 Å². The zero-order valence-electron chi connectivity index (χ0n) is 8.33. The molecule has 16 heavy (non-hydrogen) atoms. The normalized spacial score (nSPS) is 12.5. The molecule has 1 unspecified atom stereocenters. The molecule has 5 heteroatoms. The van der Waals surface area contributed by atoms with Gasteiger partial charge in [-0.05, 0) is 12.1 Å². The molecule has 2 aromatic rings. The molecule has 0 fully saturated rings. The summed E-state index contributed by atoms with van der Waals surface area (Å²) in [5, 5.41) is -0.321. The Balaban J connectivity index is 2.20. The minimum atomic E-state index is -0.321. The molecule has 1 aromatic heterocycles. The van der Waals surface area contributed by atoms with Gasteiger partial charge in [-0.1, -0.05) is 23.9 Å². The number of hydrogen-bond acceptors (Lipinski definition) is 5. The van der Waals surface area contributed by atoms with Crippen molar-refractivity contribution in [2.24, 2.45) is 0 Å². The van der Waals surface area contributed by atoms with Crippen molar-refractivity contribution in [2.45, 2.75) is 16.0 Å². The molecule has 0 bridgehead atoms. The number of thioether (sulfide) groups is 1. The molecule has 1 aromatic carbocycles. The first-order chi connectivity index (χ1) is 7.83. The fourth-order valence-corrected chi connectivity index (χ4v) is 3.43. The highest BCUT2D eigenvalue weighted by Crippen LogP contribution is 2.31. The largest absolute Gasteiger partial charge is 0.303 e. The van der Waals surface area contributed by atoms with Crippen molar-refractivity contribution < 1.29 is 9.59 Å². The number of rotatable bonds is 5. The summed E-state index contributed by atoms with van der Waals surface area (Å²) in [4.78, 5) is 25.4. The molecule has 3 nitrogen and oxygen atoms in total. The zero-order valence-corrected chi connectivity index (χ0v) is 9.96. The first kappa shape index (κ1) is 11.3. The average molecular weight is 251 g/mol. The molecule has 0 aliphatic rings. The number of benzene rings is 1. The third-order valence-electron chi connectivity index (χ3n) is 2.01. The van der Waals surface area contributed by atoms with Crippen molar-refractivity contribution in [2.75, 3.05) is 0 Å². The molecular formula is C11H9NO2S2. The maximum atomic E-state index is 10.7. The third-order valence-corrected chi connectivity index (χ3v) is 4.28. The van der Waals surface area contributed by atoms with E-state index in [0.717, 1.165) is 27.1 Å². The molecule has 0 aliphatic carbocycles. The summed E-state index contributed by atoms with van der Waals surface area (Å²) >= 11 is 2.89. The summed E-state index contributed by atoms with van der Waals surface area (Å²) < 4.78 is 1.93. The second kappa shape index (κ2) is 5.23. The van der Waals surface area contributed by atoms with E-state index in [9.17, 15) is 9.59 Å². The Bertz CT molecular complexity index is 476. The SMILES string of the molecule is O=CCC(C=O)Sc1nc2ccccc2s1. The fraction of sp³-hybridized carbons (Fsp3) is 0.182. The quantitative estimate of drug-likeness (QED) is 0.605. The second-order valence-corrected chi connectivity index (χ2v) is 5.66. The summed E-state index contributed by atoms with van der Waals surface area (Å²) in [7, 11) is 0. The molecule has 0 spiro atoms. The van der Waals surface area contributed by atoms with Crippen LogP contribution in [0.4, 0.5) is 0 Å². The Morgan fingerprint density at radius 2 is 2.19 bits per heavy atom. The van der Waals surface area contributed by atoms with E-state index in [1.807, 2.05) is 24.3 Å². The van der Waals surface area contributed by atoms with E-state index >= 15 is 0 Å². The molecule has 82 valence electrons. The lowest BCUT2D eigenvalue weighted by Crippen LogP contribution is -2.03. The van der Waals surface area contributed by atoms with Crippen LogP contribution >= 0.6 is 23.1 Å². The van der Waals surface area contributed by atoms with E-state index in [1.54, 1.807) is 11.3 Å². The van der Waals surface area contributed by atoms with Gasteiger partial charge in [0.05, 0.1) is 15.5 Å². The zero-order chi connectivity index (χ0) is 11.4. The first-order valence-electron chi connectivity index (χ1n) is 4.74. The molecule has 0 saturated carbocycles. The van der Waals surface area contributed by atoms with Gasteiger partial charge in [0, 0.05) is 6.42 Å². The minimum Gasteiger partial charge on any atom is -0.303 e. The van der Waals surface area contributed by atoms with E-state index in [1.165, 1.54) is 11.8 Å². The van der Waals surface area contributed by atoms with Crippen LogP contribution in [0.2, 0.25) is 0 Å². The van der Waals surface area contributed by atoms with Gasteiger partial charge in [0.2, 0.25) is 0 Å². The monoisotopic (exact) mass is 251 g/mol. The van der Waals surface area contributed by atoms with Gasteiger partial charge in [0.1, 0.15) is 12.6 Å². The van der Waals surface area contributed by atoms with E-state index in [0.29, 0.717) is 0 Å². The van der Waals surface area contributed by atoms with Crippen LogP contribution < -0.4 is 0 Å². The number of aldehydes is 2. The van der Waals surface area contributed by atoms with Crippen LogP contribution in [-0.2, 0) is 9.59 Å². The van der Waals surface area contributed by atoms with E-state index in [2.05, 4.69) is 4.98 Å². The van der Waals surface area contributed by atoms with Crippen molar-refractivity contribution in [1.82, 2.24) is 4.98 Å². The predicted molar refractivity (Wildman–Crippen MR) is 66.0 cm³/mol. The van der Waals surface area contributed by atoms with Crippen molar-refractivity contribution in [3.05, 3.63) is 24.3 Å². The Hall–Kier alpha value is -1.20. The van der Waals surface area contributed by atoms with Gasteiger partial charge < -0.3 is 9.59 Å². The van der Waals surface area contributed by atoms with Gasteiger partial charge in [-0.25, -0.2) is 4.98 Å². The van der Waals surface area contributed by atoms with Crippen LogP contribution in [0, 0.1) is 0 Å². The molecular weight excluding hydrogens is 242 g/mol. The number of aromatic nitrogens is 1. The minimum absolute atomic E-state index is 0.240. The highest BCUT2D eigenvalue weighted by Gasteiger charge is 2.12. The Kier molecular flexibility index (Phi) is 3.69. The maximum Gasteiger partial charge on any atom is 0.151 e. The third kappa shape index (κ3) is 2.48. The number of carbonyl (C=O) groups is 2. The number of thiazole rings is 1. The van der Waals surface area contributed by atoms with E-state index < -0.39 is 0 Å². The summed E-state index contributed by atoms with van der Waals surface area (Å²) in [6.07, 6.45) is 1.80. The second-order valence-electron chi connectivity index (χ2n) is 3.14. The van der Waals surface area contributed by atoms with Crippen LogP contribution in [-0.4, -0.2) is 22.8 Å². The van der Waals surface area contributed by atoms with Crippen molar-refractivity contribution in [3.8, 4) is 0 Å². The predicted octanol–water partition coefficient (Wildman–Crippen LogP) is 2.54. The summed E-state index contributed by atoms with van der Waals surface area (Å²) in [6.45, 7) is 0. The number of fused-ring (bicyclic) bond motifs is 1. The van der Waals surface area contributed by atoms with Gasteiger partial charge >= 0.3 is 0 Å². The van der Waals surface area contributed by atoms with E-state index in [-0.39, 0.29) is 11.7 Å². The van der Waals surface area contributed by atoms with Crippen LogP contribution in [0.5, 0.6) is 0 Å². The van der Waals surface area contributed by atoms with Gasteiger partial charge in [-0.3, -0.25) is 0 Å². The molecule has 2 rings (SSSR count). The smallest absolute Gasteiger partial charge is 0.151 e. The lowest BCUT2D eigenvalue weighted by Gasteiger charge is -2.01. The van der Waals surface area contributed by atoms with Crippen LogP contribution in [0.1, 0.15) is 6.42 Å². The Morgan fingerprint density at radius 1 is 1.38 bits per heavy atom. The lowest BCUT2D eigenvalue weighted by atomic mass is 10.3. The first-order valence-corrected chi connectivity index (χ1v) is 6.44. The van der Waals surface area contributed by atoms with Crippen LogP contribution in [0.3, 0.4) is 0 Å². The standard InChI is InChI=1S/C11H9NO2S2/c13-6-5-8(7-14)15-11-12-9-3-1-2-4-10(9)16-11/h1-4,6-8H,5H2. The van der Waals surface area contributed by atoms with Gasteiger partial charge in [0.15, 0.2) is 4.34 Å². The number of para-hydroxylation sites is 1. The van der Waals surface area contributed by atoms with Crippen molar-refractivity contribution >= 4 is 45.9 Å². The molecule has 0 N–H and O–H groups in total. The van der Waals surface area contributed by atoms with Gasteiger partial charge in [-0.2, -0.15) is 0 Å². The molecule has 0 aliphatic heterocycles. The van der Waals surface area contributed by atoms with Crippen LogP contribution in [0.25, 0.3) is 10.2 Å². The molecule has 0 radical (unpaired) electrons.